The van der Waals surface area contributed by atoms with Gasteiger partial charge in [0, 0.05) is 0 Å². The largest absolute Gasteiger partial charge is 1.00 e. The zero-order valence-corrected chi connectivity index (χ0v) is 23.9. The van der Waals surface area contributed by atoms with E-state index in [2.05, 4.69) is 74.5 Å². The number of allylic oxidation sites excluding steroid dienone is 2. The Labute approximate surface area is 202 Å². The van der Waals surface area contributed by atoms with Crippen LogP contribution in [0.5, 0.6) is 0 Å². The van der Waals surface area contributed by atoms with Gasteiger partial charge in [-0.1, -0.05) is 0 Å². The summed E-state index contributed by atoms with van der Waals surface area (Å²) in [7, 11) is 0. The molecule has 0 radical (unpaired) electrons. The smallest absolute Gasteiger partial charge is 1.00 e. The summed E-state index contributed by atoms with van der Waals surface area (Å²) in [5.74, 6) is 0. The molecule has 0 saturated carbocycles. The summed E-state index contributed by atoms with van der Waals surface area (Å²) in [5.41, 5.74) is 9.89. The van der Waals surface area contributed by atoms with E-state index < -0.39 is 20.0 Å². The molecular weight excluding hydrogens is 721 g/mol. The second-order valence-electron chi connectivity index (χ2n) is 8.00. The van der Waals surface area contributed by atoms with Gasteiger partial charge in [-0.25, -0.2) is 0 Å². The van der Waals surface area contributed by atoms with Crippen molar-refractivity contribution in [3.8, 4) is 0 Å². The summed E-state index contributed by atoms with van der Waals surface area (Å²) in [4.78, 5) is 0. The first-order valence-electron chi connectivity index (χ1n) is 9.87. The summed E-state index contributed by atoms with van der Waals surface area (Å²) < 4.78 is 4.83. The molecule has 2 unspecified atom stereocenters. The van der Waals surface area contributed by atoms with E-state index in [1.54, 1.807) is 30.6 Å². The zero-order valence-electron chi connectivity index (χ0n) is 16.0. The van der Waals surface area contributed by atoms with Crippen LogP contribution in [0.25, 0.3) is 12.2 Å². The van der Waals surface area contributed by atoms with E-state index >= 15 is 0 Å². The number of hydrogen-bond donors (Lipinski definition) is 0. The average molecular weight is 747 g/mol. The van der Waals surface area contributed by atoms with Gasteiger partial charge in [-0.15, -0.1) is 0 Å². The van der Waals surface area contributed by atoms with Crippen LogP contribution >= 0.6 is 0 Å². The fraction of sp³-hybridized carbons (Fsp3) is 0.333. The number of hydrogen-bond acceptors (Lipinski definition) is 0. The van der Waals surface area contributed by atoms with Gasteiger partial charge in [-0.3, -0.25) is 0 Å². The molecule has 140 valence electrons. The van der Waals surface area contributed by atoms with Crippen molar-refractivity contribution in [2.75, 3.05) is 0 Å². The van der Waals surface area contributed by atoms with Gasteiger partial charge >= 0.3 is 156 Å². The fourth-order valence-corrected chi connectivity index (χ4v) is 34.2. The van der Waals surface area contributed by atoms with Crippen molar-refractivity contribution in [2.45, 2.75) is 42.4 Å². The van der Waals surface area contributed by atoms with Crippen molar-refractivity contribution in [1.29, 1.82) is 0 Å². The van der Waals surface area contributed by atoms with Crippen molar-refractivity contribution in [1.82, 2.24) is 0 Å². The molecule has 0 nitrogen and oxygen atoms in total. The van der Waals surface area contributed by atoms with Gasteiger partial charge in [0.15, 0.2) is 0 Å². The third-order valence-electron chi connectivity index (χ3n) is 6.83. The van der Waals surface area contributed by atoms with Crippen molar-refractivity contribution in [3.63, 3.8) is 0 Å². The van der Waals surface area contributed by atoms with Crippen molar-refractivity contribution in [2.24, 2.45) is 0 Å². The molecule has 1 saturated heterocycles. The molecule has 2 aromatic rings. The molecule has 2 aromatic carbocycles. The average Bonchev–Trinajstić information content (AvgIpc) is 3.20. The maximum atomic E-state index is 2.54. The molecule has 2 atom stereocenters. The summed E-state index contributed by atoms with van der Waals surface area (Å²) in [6.45, 7) is 4.74. The zero-order chi connectivity index (χ0) is 17.0. The van der Waals surface area contributed by atoms with E-state index in [-0.39, 0.29) is 48.0 Å². The first-order valence-corrected chi connectivity index (χ1v) is 19.1. The Balaban J connectivity index is 0.00000105. The number of halogens is 2. The second-order valence-corrected chi connectivity index (χ2v) is 24.6. The first kappa shape index (κ1) is 21.9. The Bertz CT molecular complexity index is 837. The molecule has 5 rings (SSSR count). The second kappa shape index (κ2) is 8.55. The van der Waals surface area contributed by atoms with Gasteiger partial charge < -0.3 is 48.0 Å². The van der Waals surface area contributed by atoms with Crippen molar-refractivity contribution >= 4 is 12.2 Å². The van der Waals surface area contributed by atoms with E-state index in [1.165, 1.54) is 24.0 Å². The minimum absolute atomic E-state index is 0. The molecule has 0 N–H and O–H groups in total. The van der Waals surface area contributed by atoms with Crippen LogP contribution in [0.3, 0.4) is 0 Å². The Morgan fingerprint density at radius 3 is 1.48 bits per heavy atom. The topological polar surface area (TPSA) is 0 Å². The number of rotatable bonds is 4. The SMILES string of the molecule is CCC1=Cc2ccccc2[CH]1[Hf+2]1([CH]2C(CC)=Cc3ccccc32)[CH2][CH2]1.[I-].[I-]. The van der Waals surface area contributed by atoms with Crippen LogP contribution in [0.2, 0.25) is 8.35 Å². The minimum atomic E-state index is -2.47. The fourth-order valence-electron chi connectivity index (χ4n) is 5.63. The maximum absolute atomic E-state index is 2.54. The molecule has 0 spiro atoms. The molecule has 1 heterocycles. The van der Waals surface area contributed by atoms with E-state index in [1.807, 2.05) is 0 Å². The van der Waals surface area contributed by atoms with Crippen molar-refractivity contribution < 1.29 is 67.9 Å². The van der Waals surface area contributed by atoms with Gasteiger partial charge in [-0.05, 0) is 0 Å². The van der Waals surface area contributed by atoms with E-state index in [4.69, 9.17) is 0 Å². The Hall–Kier alpha value is 0.250. The van der Waals surface area contributed by atoms with Crippen LogP contribution in [0.15, 0.2) is 59.7 Å². The summed E-state index contributed by atoms with van der Waals surface area (Å²) in [5, 5.41) is 0. The molecule has 1 fully saturated rings. The van der Waals surface area contributed by atoms with Gasteiger partial charge in [-0.2, -0.15) is 0 Å². The standard InChI is InChI=1S/2C11H11.C2H4.Hf.2HI/c2*1-2-9-7-10-5-3-4-6-11(10)8-9;1-2;;;/h2*3-8H,2H2,1H3;1-2H2;;2*1H/q;;;+2;;/p-2. The van der Waals surface area contributed by atoms with Gasteiger partial charge in [0.2, 0.25) is 0 Å². The molecule has 27 heavy (non-hydrogen) atoms. The van der Waals surface area contributed by atoms with Crippen molar-refractivity contribution in [3.05, 3.63) is 81.9 Å². The monoisotopic (exact) mass is 748 g/mol. The molecule has 3 heteroatoms. The molecule has 1 aliphatic heterocycles. The molecule has 0 amide bonds. The summed E-state index contributed by atoms with van der Waals surface area (Å²) in [6.07, 6.45) is 7.52. The Morgan fingerprint density at radius 2 is 1.11 bits per heavy atom. The molecular formula is C24H26HfI2. The molecule has 0 aromatic heterocycles. The predicted octanol–water partition coefficient (Wildman–Crippen LogP) is 1.10. The first-order chi connectivity index (χ1) is 12.3. The third kappa shape index (κ3) is 3.41. The van der Waals surface area contributed by atoms with E-state index in [0.717, 1.165) is 7.35 Å². The quantitative estimate of drug-likeness (QED) is 0.325. The third-order valence-corrected chi connectivity index (χ3v) is 25.9. The van der Waals surface area contributed by atoms with Crippen LogP contribution in [0, 0.1) is 0 Å². The maximum Gasteiger partial charge on any atom is -1.00 e. The summed E-state index contributed by atoms with van der Waals surface area (Å²) in [6, 6.07) is 18.5. The van der Waals surface area contributed by atoms with Crippen LogP contribution in [0.1, 0.15) is 56.3 Å². The molecule has 0 bridgehead atoms. The van der Waals surface area contributed by atoms with Gasteiger partial charge in [0.25, 0.3) is 0 Å². The number of fused-ring (bicyclic) bond motifs is 2. The van der Waals surface area contributed by atoms with Crippen LogP contribution in [-0.4, -0.2) is 0 Å². The minimum Gasteiger partial charge on any atom is -1.00 e. The van der Waals surface area contributed by atoms with Crippen LogP contribution < -0.4 is 48.0 Å². The Kier molecular flexibility index (Phi) is 6.95. The normalized spacial score (nSPS) is 22.1. The molecule has 2 aliphatic carbocycles. The predicted molar refractivity (Wildman–Crippen MR) is 105 cm³/mol. The van der Waals surface area contributed by atoms with Gasteiger partial charge in [0.1, 0.15) is 0 Å². The van der Waals surface area contributed by atoms with Gasteiger partial charge in [0.05, 0.1) is 0 Å². The number of benzene rings is 2. The summed E-state index contributed by atoms with van der Waals surface area (Å²) >= 11 is -2.47. The van der Waals surface area contributed by atoms with Crippen LogP contribution in [-0.2, 0) is 20.0 Å². The Morgan fingerprint density at radius 1 is 0.704 bits per heavy atom. The van der Waals surface area contributed by atoms with Crippen LogP contribution in [0.4, 0.5) is 0 Å². The van der Waals surface area contributed by atoms with E-state index in [9.17, 15) is 0 Å². The molecule has 3 aliphatic rings. The van der Waals surface area contributed by atoms with E-state index in [0.29, 0.717) is 0 Å².